The second-order valence-corrected chi connectivity index (χ2v) is 3.90. The van der Waals surface area contributed by atoms with Crippen molar-refractivity contribution in [3.05, 3.63) is 30.1 Å². The zero-order valence-electron chi connectivity index (χ0n) is 9.62. The second-order valence-electron chi connectivity index (χ2n) is 3.90. The molecule has 2 N–H and O–H groups in total. The Bertz CT molecular complexity index is 279. The Balaban J connectivity index is 0. The largest absolute Gasteiger partial charge is 0.323 e. The minimum absolute atomic E-state index is 0. The molecule has 100 valence electrons. The lowest BCUT2D eigenvalue weighted by Gasteiger charge is -2.19. The molecule has 2 heterocycles. The number of hydrogen-bond donors (Lipinski definition) is 1. The summed E-state index contributed by atoms with van der Waals surface area (Å²) in [5.74, 6) is 0. The third kappa shape index (κ3) is 5.89. The predicted octanol–water partition coefficient (Wildman–Crippen LogP) is 2.44. The van der Waals surface area contributed by atoms with Crippen LogP contribution in [-0.2, 0) is 0 Å². The first-order valence-corrected chi connectivity index (χ1v) is 5.24. The Labute approximate surface area is 121 Å². The zero-order valence-corrected chi connectivity index (χ0v) is 12.1. The molecular weight excluding hydrogens is 281 g/mol. The molecule has 1 atom stereocenters. The summed E-state index contributed by atoms with van der Waals surface area (Å²) in [6.45, 7) is 3.37. The number of nitrogens with zero attached hydrogens (tertiary/aromatic N) is 2. The molecule has 2 rings (SSSR count). The lowest BCUT2D eigenvalue weighted by Crippen LogP contribution is -2.29. The van der Waals surface area contributed by atoms with E-state index in [1.165, 1.54) is 25.9 Å². The summed E-state index contributed by atoms with van der Waals surface area (Å²) in [5.41, 5.74) is 7.23. The second kappa shape index (κ2) is 9.92. The summed E-state index contributed by atoms with van der Waals surface area (Å²) in [5, 5.41) is 0. The van der Waals surface area contributed by atoms with Crippen LogP contribution in [0.2, 0.25) is 0 Å². The van der Waals surface area contributed by atoms with Crippen LogP contribution in [0.4, 0.5) is 0 Å². The van der Waals surface area contributed by atoms with Gasteiger partial charge in [0.2, 0.25) is 0 Å². The van der Waals surface area contributed by atoms with E-state index in [4.69, 9.17) is 5.73 Å². The first kappa shape index (κ1) is 19.3. The van der Waals surface area contributed by atoms with Crippen LogP contribution >= 0.6 is 37.2 Å². The van der Waals surface area contributed by atoms with Gasteiger partial charge >= 0.3 is 0 Å². The van der Waals surface area contributed by atoms with Crippen molar-refractivity contribution in [3.63, 3.8) is 0 Å². The number of likely N-dealkylation sites (tertiary alicyclic amines) is 1. The Morgan fingerprint density at radius 2 is 1.88 bits per heavy atom. The van der Waals surface area contributed by atoms with Gasteiger partial charge in [0.25, 0.3) is 0 Å². The summed E-state index contributed by atoms with van der Waals surface area (Å²) < 4.78 is 0. The van der Waals surface area contributed by atoms with Crippen molar-refractivity contribution < 1.29 is 0 Å². The lowest BCUT2D eigenvalue weighted by atomic mass is 10.1. The third-order valence-electron chi connectivity index (χ3n) is 2.77. The van der Waals surface area contributed by atoms with Crippen molar-refractivity contribution in [3.8, 4) is 0 Å². The van der Waals surface area contributed by atoms with Crippen LogP contribution in [0.5, 0.6) is 0 Å². The Kier molecular flexibility index (Phi) is 11.3. The minimum atomic E-state index is 0. The van der Waals surface area contributed by atoms with Crippen molar-refractivity contribution in [1.82, 2.24) is 9.88 Å². The lowest BCUT2D eigenvalue weighted by molar-refractivity contribution is 0.316. The predicted molar refractivity (Wildman–Crippen MR) is 78.6 cm³/mol. The molecule has 1 aliphatic rings. The van der Waals surface area contributed by atoms with E-state index in [1.807, 2.05) is 18.3 Å². The van der Waals surface area contributed by atoms with Gasteiger partial charge in [-0.25, -0.2) is 0 Å². The van der Waals surface area contributed by atoms with Gasteiger partial charge < -0.3 is 10.6 Å². The highest BCUT2D eigenvalue weighted by molar-refractivity contribution is 5.86. The van der Waals surface area contributed by atoms with Crippen LogP contribution in [0.3, 0.4) is 0 Å². The molecular formula is C11H20Cl3N3. The summed E-state index contributed by atoms with van der Waals surface area (Å²) in [4.78, 5) is 6.51. The van der Waals surface area contributed by atoms with Crippen molar-refractivity contribution in [2.45, 2.75) is 18.9 Å². The molecule has 0 saturated carbocycles. The van der Waals surface area contributed by atoms with Gasteiger partial charge in [-0.15, -0.1) is 37.2 Å². The Hall–Kier alpha value is -0.0600. The fraction of sp³-hybridized carbons (Fsp3) is 0.545. The van der Waals surface area contributed by atoms with Gasteiger partial charge in [-0.2, -0.15) is 0 Å². The van der Waals surface area contributed by atoms with Gasteiger partial charge in [0, 0.05) is 25.0 Å². The summed E-state index contributed by atoms with van der Waals surface area (Å²) in [6, 6.07) is 4.11. The van der Waals surface area contributed by atoms with Crippen molar-refractivity contribution in [1.29, 1.82) is 0 Å². The van der Waals surface area contributed by atoms with Crippen LogP contribution < -0.4 is 5.73 Å². The monoisotopic (exact) mass is 299 g/mol. The number of aromatic nitrogens is 1. The molecule has 0 radical (unpaired) electrons. The third-order valence-corrected chi connectivity index (χ3v) is 2.77. The zero-order chi connectivity index (χ0) is 9.80. The van der Waals surface area contributed by atoms with Crippen LogP contribution in [-0.4, -0.2) is 29.5 Å². The summed E-state index contributed by atoms with van der Waals surface area (Å²) in [6.07, 6.45) is 6.28. The highest BCUT2D eigenvalue weighted by atomic mass is 35.5. The van der Waals surface area contributed by atoms with Crippen LogP contribution in [0.25, 0.3) is 0 Å². The van der Waals surface area contributed by atoms with Gasteiger partial charge in [0.1, 0.15) is 0 Å². The van der Waals surface area contributed by atoms with Crippen LogP contribution in [0, 0.1) is 0 Å². The molecule has 3 nitrogen and oxygen atoms in total. The van der Waals surface area contributed by atoms with Crippen molar-refractivity contribution in [2.75, 3.05) is 19.6 Å². The highest BCUT2D eigenvalue weighted by Gasteiger charge is 2.15. The average Bonchev–Trinajstić information content (AvgIpc) is 2.72. The molecule has 1 aromatic rings. The van der Waals surface area contributed by atoms with Crippen molar-refractivity contribution >= 4 is 37.2 Å². The summed E-state index contributed by atoms with van der Waals surface area (Å²) >= 11 is 0. The summed E-state index contributed by atoms with van der Waals surface area (Å²) in [7, 11) is 0. The molecule has 1 aliphatic heterocycles. The Morgan fingerprint density at radius 3 is 2.41 bits per heavy atom. The first-order valence-electron chi connectivity index (χ1n) is 5.24. The molecule has 6 heteroatoms. The molecule has 17 heavy (non-hydrogen) atoms. The number of hydrogen-bond acceptors (Lipinski definition) is 3. The van der Waals surface area contributed by atoms with Gasteiger partial charge in [-0.05, 0) is 37.6 Å². The molecule has 0 spiro atoms. The van der Waals surface area contributed by atoms with Crippen LogP contribution in [0.1, 0.15) is 24.4 Å². The molecule has 0 aromatic carbocycles. The van der Waals surface area contributed by atoms with E-state index >= 15 is 0 Å². The van der Waals surface area contributed by atoms with E-state index in [0.717, 1.165) is 12.1 Å². The SMILES string of the molecule is Cl.Cl.Cl.NC(CN1CCCC1)c1cccnc1. The molecule has 1 saturated heterocycles. The molecule has 1 aromatic heterocycles. The molecule has 0 amide bonds. The number of rotatable bonds is 3. The van der Waals surface area contributed by atoms with E-state index < -0.39 is 0 Å². The van der Waals surface area contributed by atoms with E-state index in [0.29, 0.717) is 0 Å². The maximum atomic E-state index is 6.09. The van der Waals surface area contributed by atoms with E-state index in [-0.39, 0.29) is 43.3 Å². The average molecular weight is 301 g/mol. The normalized spacial score (nSPS) is 16.3. The first-order chi connectivity index (χ1) is 6.86. The van der Waals surface area contributed by atoms with Gasteiger partial charge in [-0.1, -0.05) is 6.07 Å². The standard InChI is InChI=1S/C11H17N3.3ClH/c12-11(9-14-6-1-2-7-14)10-4-3-5-13-8-10;;;/h3-5,8,11H,1-2,6-7,9,12H2;3*1H. The van der Waals surface area contributed by atoms with Gasteiger partial charge in [0.15, 0.2) is 0 Å². The molecule has 1 fully saturated rings. The topological polar surface area (TPSA) is 42.1 Å². The van der Waals surface area contributed by atoms with Gasteiger partial charge in [-0.3, -0.25) is 4.98 Å². The highest BCUT2D eigenvalue weighted by Crippen LogP contribution is 2.14. The van der Waals surface area contributed by atoms with Crippen molar-refractivity contribution in [2.24, 2.45) is 5.73 Å². The maximum Gasteiger partial charge on any atom is 0.0439 e. The van der Waals surface area contributed by atoms with E-state index in [2.05, 4.69) is 9.88 Å². The number of nitrogens with two attached hydrogens (primary N) is 1. The quantitative estimate of drug-likeness (QED) is 0.932. The molecule has 1 unspecified atom stereocenters. The van der Waals surface area contributed by atoms with E-state index in [9.17, 15) is 0 Å². The van der Waals surface area contributed by atoms with Gasteiger partial charge in [0.05, 0.1) is 0 Å². The smallest absolute Gasteiger partial charge is 0.0439 e. The molecule has 0 bridgehead atoms. The van der Waals surface area contributed by atoms with Crippen LogP contribution in [0.15, 0.2) is 24.5 Å². The number of pyridine rings is 1. The molecule has 0 aliphatic carbocycles. The fourth-order valence-corrected chi connectivity index (χ4v) is 1.94. The maximum absolute atomic E-state index is 6.09. The van der Waals surface area contributed by atoms with E-state index in [1.54, 1.807) is 6.20 Å². The number of halogens is 3. The fourth-order valence-electron chi connectivity index (χ4n) is 1.94. The minimum Gasteiger partial charge on any atom is -0.323 e. The Morgan fingerprint density at radius 1 is 1.24 bits per heavy atom.